The van der Waals surface area contributed by atoms with E-state index >= 15 is 0 Å². The van der Waals surface area contributed by atoms with E-state index in [-0.39, 0.29) is 5.25 Å². The minimum atomic E-state index is 0.194. The molecule has 0 N–H and O–H groups in total. The summed E-state index contributed by atoms with van der Waals surface area (Å²) in [7, 11) is 3.39. The van der Waals surface area contributed by atoms with E-state index in [1.807, 2.05) is 6.26 Å². The molecule has 3 heteroatoms. The molecule has 72 valence electrons. The van der Waals surface area contributed by atoms with Crippen molar-refractivity contribution >= 4 is 27.4 Å². The molecular weight excluding hydrogens is 188 g/mol. The lowest BCUT2D eigenvalue weighted by atomic mass is 10.0. The molecule has 0 amide bonds. The summed E-state index contributed by atoms with van der Waals surface area (Å²) in [5.41, 5.74) is 0. The summed E-state index contributed by atoms with van der Waals surface area (Å²) in [6.45, 7) is 6.28. The fraction of sp³-hybridized carbons (Fsp3) is 0.889. The van der Waals surface area contributed by atoms with Gasteiger partial charge in [-0.2, -0.15) is 0 Å². The predicted octanol–water partition coefficient (Wildman–Crippen LogP) is 3.39. The van der Waals surface area contributed by atoms with E-state index in [0.717, 1.165) is 12.8 Å². The van der Waals surface area contributed by atoms with Crippen molar-refractivity contribution in [3.63, 3.8) is 0 Å². The van der Waals surface area contributed by atoms with Crippen LogP contribution in [0.5, 0.6) is 0 Å². The van der Waals surface area contributed by atoms with Gasteiger partial charge in [-0.1, -0.05) is 42.4 Å². The van der Waals surface area contributed by atoms with Gasteiger partial charge in [0.15, 0.2) is 0 Å². The second-order valence-electron chi connectivity index (χ2n) is 3.14. The van der Waals surface area contributed by atoms with Gasteiger partial charge in [0.25, 0.3) is 0 Å². The summed E-state index contributed by atoms with van der Waals surface area (Å²) >= 11 is 0. The fourth-order valence-electron chi connectivity index (χ4n) is 1.03. The Morgan fingerprint density at radius 1 is 1.42 bits per heavy atom. The molecule has 12 heavy (non-hydrogen) atoms. The predicted molar refractivity (Wildman–Crippen MR) is 59.6 cm³/mol. The summed E-state index contributed by atoms with van der Waals surface area (Å²) in [6, 6.07) is 0. The van der Waals surface area contributed by atoms with Crippen LogP contribution in [-0.2, 0) is 4.79 Å². The fourth-order valence-corrected chi connectivity index (χ4v) is 3.29. The van der Waals surface area contributed by atoms with Crippen molar-refractivity contribution < 1.29 is 4.79 Å². The van der Waals surface area contributed by atoms with Gasteiger partial charge >= 0.3 is 0 Å². The molecule has 0 heterocycles. The average molecular weight is 206 g/mol. The second-order valence-corrected chi connectivity index (χ2v) is 5.75. The van der Waals surface area contributed by atoms with Gasteiger partial charge in [0.05, 0.1) is 5.25 Å². The third-order valence-corrected chi connectivity index (χ3v) is 4.03. The molecule has 0 aliphatic heterocycles. The molecule has 0 spiro atoms. The standard InChI is InChI=1S/C9H18OS2/c1-5-6-8(10)9(7(2)3)12-11-4/h7,9H,5-6H2,1-4H3/t9-/m0/s1. The van der Waals surface area contributed by atoms with Crippen LogP contribution in [0.2, 0.25) is 0 Å². The maximum absolute atomic E-state index is 11.5. The van der Waals surface area contributed by atoms with Crippen molar-refractivity contribution in [2.45, 2.75) is 38.9 Å². The van der Waals surface area contributed by atoms with Crippen molar-refractivity contribution in [3.8, 4) is 0 Å². The highest BCUT2D eigenvalue weighted by Crippen LogP contribution is 2.30. The average Bonchev–Trinajstić information content (AvgIpc) is 1.99. The van der Waals surface area contributed by atoms with Crippen molar-refractivity contribution in [1.29, 1.82) is 0 Å². The highest BCUT2D eigenvalue weighted by atomic mass is 33.1. The molecule has 0 saturated heterocycles. The van der Waals surface area contributed by atoms with E-state index in [9.17, 15) is 4.79 Å². The first-order valence-corrected chi connectivity index (χ1v) is 6.97. The maximum atomic E-state index is 11.5. The number of hydrogen-bond donors (Lipinski definition) is 0. The minimum absolute atomic E-state index is 0.194. The number of hydrogen-bond acceptors (Lipinski definition) is 3. The molecule has 0 rings (SSSR count). The van der Waals surface area contributed by atoms with Crippen LogP contribution >= 0.6 is 21.6 Å². The van der Waals surface area contributed by atoms with Gasteiger partial charge in [0.1, 0.15) is 5.78 Å². The van der Waals surface area contributed by atoms with Gasteiger partial charge in [-0.15, -0.1) is 0 Å². The second kappa shape index (κ2) is 6.84. The Bertz CT molecular complexity index is 134. The maximum Gasteiger partial charge on any atom is 0.146 e. The largest absolute Gasteiger partial charge is 0.298 e. The van der Waals surface area contributed by atoms with Gasteiger partial charge < -0.3 is 0 Å². The van der Waals surface area contributed by atoms with E-state index in [1.54, 1.807) is 21.6 Å². The zero-order chi connectivity index (χ0) is 9.56. The van der Waals surface area contributed by atoms with E-state index in [4.69, 9.17) is 0 Å². The molecule has 0 radical (unpaired) electrons. The Morgan fingerprint density at radius 3 is 2.33 bits per heavy atom. The van der Waals surface area contributed by atoms with Crippen LogP contribution in [0.25, 0.3) is 0 Å². The summed E-state index contributed by atoms with van der Waals surface area (Å²) in [4.78, 5) is 11.5. The molecular formula is C9H18OS2. The Balaban J connectivity index is 4.00. The molecule has 0 saturated carbocycles. The summed E-state index contributed by atoms with van der Waals surface area (Å²) in [5, 5.41) is 0.194. The Labute approximate surface area is 83.5 Å². The molecule has 0 aliphatic rings. The van der Waals surface area contributed by atoms with Crippen LogP contribution in [0.1, 0.15) is 33.6 Å². The molecule has 0 aromatic rings. The van der Waals surface area contributed by atoms with Gasteiger partial charge in [0.2, 0.25) is 0 Å². The summed E-state index contributed by atoms with van der Waals surface area (Å²) in [5.74, 6) is 0.869. The number of Topliss-reactive ketones (excluding diaryl/α,β-unsaturated/α-hetero) is 1. The topological polar surface area (TPSA) is 17.1 Å². The molecule has 1 atom stereocenters. The van der Waals surface area contributed by atoms with Crippen LogP contribution in [0.4, 0.5) is 0 Å². The highest BCUT2D eigenvalue weighted by molar-refractivity contribution is 8.76. The van der Waals surface area contributed by atoms with E-state index in [2.05, 4.69) is 20.8 Å². The first-order valence-electron chi connectivity index (χ1n) is 4.35. The molecule has 0 aromatic heterocycles. The zero-order valence-electron chi connectivity index (χ0n) is 8.29. The van der Waals surface area contributed by atoms with Crippen LogP contribution in [0.15, 0.2) is 0 Å². The lowest BCUT2D eigenvalue weighted by molar-refractivity contribution is -0.119. The first kappa shape index (κ1) is 12.4. The smallest absolute Gasteiger partial charge is 0.146 e. The third-order valence-electron chi connectivity index (χ3n) is 1.62. The zero-order valence-corrected chi connectivity index (χ0v) is 9.93. The van der Waals surface area contributed by atoms with Gasteiger partial charge in [-0.25, -0.2) is 0 Å². The Kier molecular flexibility index (Phi) is 7.05. The van der Waals surface area contributed by atoms with Crippen molar-refractivity contribution in [1.82, 2.24) is 0 Å². The number of carbonyl (C=O) groups is 1. The van der Waals surface area contributed by atoms with Crippen molar-refractivity contribution in [2.75, 3.05) is 6.26 Å². The lowest BCUT2D eigenvalue weighted by Crippen LogP contribution is -2.21. The van der Waals surface area contributed by atoms with E-state index < -0.39 is 0 Å². The number of carbonyl (C=O) groups excluding carboxylic acids is 1. The van der Waals surface area contributed by atoms with E-state index in [0.29, 0.717) is 11.7 Å². The third kappa shape index (κ3) is 4.41. The summed E-state index contributed by atoms with van der Waals surface area (Å²) < 4.78 is 0. The molecule has 1 nitrogen and oxygen atoms in total. The van der Waals surface area contributed by atoms with Gasteiger partial charge in [-0.05, 0) is 18.6 Å². The van der Waals surface area contributed by atoms with Crippen LogP contribution < -0.4 is 0 Å². The highest BCUT2D eigenvalue weighted by Gasteiger charge is 2.21. The van der Waals surface area contributed by atoms with Gasteiger partial charge in [-0.3, -0.25) is 4.79 Å². The molecule has 0 unspecified atom stereocenters. The SMILES string of the molecule is CCCC(=O)[C@@H](SSC)C(C)C. The first-order chi connectivity index (χ1) is 5.63. The number of rotatable bonds is 6. The van der Waals surface area contributed by atoms with Gasteiger partial charge in [0, 0.05) is 6.42 Å². The normalized spacial score (nSPS) is 13.4. The molecule has 0 aromatic carbocycles. The lowest BCUT2D eigenvalue weighted by Gasteiger charge is -2.16. The molecule has 0 aliphatic carbocycles. The van der Waals surface area contributed by atoms with Crippen molar-refractivity contribution in [2.24, 2.45) is 5.92 Å². The Hall–Kier alpha value is 0.370. The Morgan fingerprint density at radius 2 is 2.00 bits per heavy atom. The monoisotopic (exact) mass is 206 g/mol. The quantitative estimate of drug-likeness (QED) is 0.620. The van der Waals surface area contributed by atoms with Crippen molar-refractivity contribution in [3.05, 3.63) is 0 Å². The molecule has 0 fully saturated rings. The summed E-state index contributed by atoms with van der Waals surface area (Å²) in [6.07, 6.45) is 3.73. The van der Waals surface area contributed by atoms with Crippen LogP contribution in [0, 0.1) is 5.92 Å². The van der Waals surface area contributed by atoms with E-state index in [1.165, 1.54) is 0 Å². The van der Waals surface area contributed by atoms with Crippen LogP contribution in [-0.4, -0.2) is 17.3 Å². The van der Waals surface area contributed by atoms with Crippen LogP contribution in [0.3, 0.4) is 0 Å². The molecule has 0 bridgehead atoms. The number of ketones is 1. The minimum Gasteiger partial charge on any atom is -0.298 e.